The minimum absolute atomic E-state index is 0.0402. The number of hydrogen-bond acceptors (Lipinski definition) is 5. The van der Waals surface area contributed by atoms with Crippen molar-refractivity contribution in [2.24, 2.45) is 0 Å². The minimum Gasteiger partial charge on any atom is -0.494 e. The van der Waals surface area contributed by atoms with Crippen LogP contribution in [0, 0.1) is 0 Å². The monoisotopic (exact) mass is 378 g/mol. The van der Waals surface area contributed by atoms with E-state index >= 15 is 0 Å². The Hall–Kier alpha value is -1.66. The average Bonchev–Trinajstić information content (AvgIpc) is 3.08. The van der Waals surface area contributed by atoms with Crippen LogP contribution in [-0.4, -0.2) is 27.1 Å². The summed E-state index contributed by atoms with van der Waals surface area (Å²) < 4.78 is 30.0. The Balaban J connectivity index is 1.97. The fraction of sp³-hybridized carbons (Fsp3) is 0.421. The number of hydrogen-bond donors (Lipinski definition) is 0. The first kappa shape index (κ1) is 18.1. The zero-order valence-electron chi connectivity index (χ0n) is 14.2. The Bertz CT molecular complexity index is 837. The van der Waals surface area contributed by atoms with Crippen molar-refractivity contribution in [3.05, 3.63) is 41.3 Å². The number of sulfone groups is 1. The molecule has 1 saturated heterocycles. The van der Waals surface area contributed by atoms with Crippen molar-refractivity contribution in [2.45, 2.75) is 37.4 Å². The van der Waals surface area contributed by atoms with Gasteiger partial charge in [0, 0.05) is 16.2 Å². The quantitative estimate of drug-likeness (QED) is 0.707. The fourth-order valence-corrected chi connectivity index (χ4v) is 7.18. The van der Waals surface area contributed by atoms with E-state index in [-0.39, 0.29) is 12.2 Å². The molecule has 0 spiro atoms. The summed E-state index contributed by atoms with van der Waals surface area (Å²) in [5, 5.41) is 0. The number of rotatable bonds is 6. The highest BCUT2D eigenvalue weighted by Gasteiger charge is 2.47. The molecule has 1 fully saturated rings. The van der Waals surface area contributed by atoms with E-state index in [2.05, 4.69) is 0 Å². The van der Waals surface area contributed by atoms with Crippen LogP contribution in [0.2, 0.25) is 0 Å². The minimum atomic E-state index is -3.32. The van der Waals surface area contributed by atoms with Gasteiger partial charge >= 0.3 is 0 Å². The van der Waals surface area contributed by atoms with Gasteiger partial charge in [-0.2, -0.15) is 0 Å². The zero-order valence-corrected chi connectivity index (χ0v) is 15.9. The van der Waals surface area contributed by atoms with Gasteiger partial charge < -0.3 is 9.53 Å². The molecular weight excluding hydrogens is 356 g/mol. The first-order valence-electron chi connectivity index (χ1n) is 8.52. The summed E-state index contributed by atoms with van der Waals surface area (Å²) in [6.07, 6.45) is 2.83. The van der Waals surface area contributed by atoms with Gasteiger partial charge in [-0.25, -0.2) is 8.42 Å². The molecule has 6 heteroatoms. The van der Waals surface area contributed by atoms with Crippen molar-refractivity contribution >= 4 is 27.5 Å². The van der Waals surface area contributed by atoms with Crippen LogP contribution < -0.4 is 4.74 Å². The summed E-state index contributed by atoms with van der Waals surface area (Å²) in [4.78, 5) is 13.0. The lowest BCUT2D eigenvalue weighted by atomic mass is 9.95. The summed E-state index contributed by atoms with van der Waals surface area (Å²) >= 11 is 1.47. The molecule has 0 N–H and O–H groups in total. The molecule has 2 aromatic rings. The summed E-state index contributed by atoms with van der Waals surface area (Å²) in [6, 6.07) is 11.6. The molecule has 0 bridgehead atoms. The number of carbonyl (C=O) groups excluding carboxylic acids is 1. The number of carbonyl (C=O) groups is 1. The summed E-state index contributed by atoms with van der Waals surface area (Å²) in [6.45, 7) is 2.56. The molecule has 1 atom stereocenters. The van der Waals surface area contributed by atoms with E-state index in [9.17, 15) is 13.2 Å². The third-order valence-corrected chi connectivity index (χ3v) is 8.83. The van der Waals surface area contributed by atoms with Gasteiger partial charge in [-0.15, -0.1) is 11.3 Å². The molecule has 2 heterocycles. The van der Waals surface area contributed by atoms with Crippen LogP contribution in [0.3, 0.4) is 0 Å². The normalized spacial score (nSPS) is 22.4. The van der Waals surface area contributed by atoms with E-state index in [0.29, 0.717) is 19.4 Å². The second-order valence-electron chi connectivity index (χ2n) is 6.26. The van der Waals surface area contributed by atoms with Crippen LogP contribution >= 0.6 is 11.3 Å². The van der Waals surface area contributed by atoms with Gasteiger partial charge in [-0.05, 0) is 61.7 Å². The molecule has 1 aliphatic heterocycles. The van der Waals surface area contributed by atoms with Gasteiger partial charge in [-0.1, -0.05) is 6.42 Å². The standard InChI is InChI=1S/C19H22O4S2/c1-2-23-16-7-5-15(6-8-16)17-9-10-18(24-17)19(12-13-20)11-3-4-14-25(19,21)22/h5-10,13H,2-4,11-12,14H2,1H3/t19-/m0/s1. The van der Waals surface area contributed by atoms with E-state index in [1.807, 2.05) is 43.3 Å². The SMILES string of the molecule is CCOc1ccc(-c2ccc([C@@]3(CC=O)CCCCS3(=O)=O)s2)cc1. The van der Waals surface area contributed by atoms with Gasteiger partial charge in [0.15, 0.2) is 9.84 Å². The molecule has 1 aromatic carbocycles. The molecule has 3 rings (SSSR count). The van der Waals surface area contributed by atoms with Gasteiger partial charge in [0.1, 0.15) is 16.8 Å². The van der Waals surface area contributed by atoms with E-state index in [0.717, 1.165) is 33.8 Å². The number of benzene rings is 1. The molecule has 1 aromatic heterocycles. The maximum absolute atomic E-state index is 12.8. The van der Waals surface area contributed by atoms with Crippen LogP contribution in [0.15, 0.2) is 36.4 Å². The predicted octanol–water partition coefficient (Wildman–Crippen LogP) is 4.20. The molecular formula is C19H22O4S2. The van der Waals surface area contributed by atoms with Crippen LogP contribution in [0.1, 0.15) is 37.5 Å². The van der Waals surface area contributed by atoms with Crippen molar-refractivity contribution in [3.8, 4) is 16.2 Å². The molecule has 25 heavy (non-hydrogen) atoms. The third kappa shape index (κ3) is 3.37. The number of ether oxygens (including phenoxy) is 1. The van der Waals surface area contributed by atoms with Gasteiger partial charge in [0.2, 0.25) is 0 Å². The second kappa shape index (κ2) is 7.30. The molecule has 0 radical (unpaired) electrons. The Labute approximate surface area is 152 Å². The van der Waals surface area contributed by atoms with E-state index < -0.39 is 14.6 Å². The first-order valence-corrected chi connectivity index (χ1v) is 11.0. The zero-order chi connectivity index (χ0) is 17.9. The van der Waals surface area contributed by atoms with Gasteiger partial charge in [-0.3, -0.25) is 0 Å². The Morgan fingerprint density at radius 3 is 2.56 bits per heavy atom. The van der Waals surface area contributed by atoms with Crippen molar-refractivity contribution in [2.75, 3.05) is 12.4 Å². The molecule has 134 valence electrons. The topological polar surface area (TPSA) is 60.4 Å². The smallest absolute Gasteiger partial charge is 0.161 e. The molecule has 1 aliphatic rings. The van der Waals surface area contributed by atoms with Crippen LogP contribution in [-0.2, 0) is 19.4 Å². The van der Waals surface area contributed by atoms with E-state index in [4.69, 9.17) is 4.74 Å². The highest BCUT2D eigenvalue weighted by atomic mass is 32.2. The van der Waals surface area contributed by atoms with Crippen LogP contribution in [0.25, 0.3) is 10.4 Å². The molecule has 0 unspecified atom stereocenters. The largest absolute Gasteiger partial charge is 0.494 e. The molecule has 4 nitrogen and oxygen atoms in total. The van der Waals surface area contributed by atoms with Crippen molar-refractivity contribution in [1.29, 1.82) is 0 Å². The van der Waals surface area contributed by atoms with E-state index in [1.54, 1.807) is 0 Å². The molecule has 0 amide bonds. The van der Waals surface area contributed by atoms with E-state index in [1.165, 1.54) is 11.3 Å². The lowest BCUT2D eigenvalue weighted by Gasteiger charge is -2.34. The number of thiophene rings is 1. The molecule has 0 aliphatic carbocycles. The maximum Gasteiger partial charge on any atom is 0.161 e. The Morgan fingerprint density at radius 2 is 1.92 bits per heavy atom. The van der Waals surface area contributed by atoms with Gasteiger partial charge in [0.05, 0.1) is 12.4 Å². The Kier molecular flexibility index (Phi) is 5.29. The lowest BCUT2D eigenvalue weighted by molar-refractivity contribution is -0.108. The van der Waals surface area contributed by atoms with Crippen molar-refractivity contribution < 1.29 is 17.9 Å². The molecule has 0 saturated carbocycles. The highest BCUT2D eigenvalue weighted by molar-refractivity contribution is 7.92. The van der Waals surface area contributed by atoms with Crippen molar-refractivity contribution in [3.63, 3.8) is 0 Å². The lowest BCUT2D eigenvalue weighted by Crippen LogP contribution is -2.40. The first-order chi connectivity index (χ1) is 12.0. The average molecular weight is 379 g/mol. The van der Waals surface area contributed by atoms with Crippen molar-refractivity contribution in [1.82, 2.24) is 0 Å². The number of aldehydes is 1. The maximum atomic E-state index is 12.8. The summed E-state index contributed by atoms with van der Waals surface area (Å²) in [5.41, 5.74) is 1.02. The summed E-state index contributed by atoms with van der Waals surface area (Å²) in [7, 11) is -3.32. The fourth-order valence-electron chi connectivity index (χ4n) is 3.41. The van der Waals surface area contributed by atoms with Crippen LogP contribution in [0.4, 0.5) is 0 Å². The Morgan fingerprint density at radius 1 is 1.16 bits per heavy atom. The van der Waals surface area contributed by atoms with Crippen LogP contribution in [0.5, 0.6) is 5.75 Å². The second-order valence-corrected chi connectivity index (χ2v) is 9.77. The highest BCUT2D eigenvalue weighted by Crippen LogP contribution is 2.46. The van der Waals surface area contributed by atoms with Gasteiger partial charge in [0.25, 0.3) is 0 Å². The summed E-state index contributed by atoms with van der Waals surface area (Å²) in [5.74, 6) is 0.979. The predicted molar refractivity (Wildman–Crippen MR) is 101 cm³/mol. The third-order valence-electron chi connectivity index (χ3n) is 4.76.